The first kappa shape index (κ1) is 14.0. The monoisotopic (exact) mass is 264 g/mol. The number of hydrogen-bond donors (Lipinski definition) is 2. The second-order valence-electron chi connectivity index (χ2n) is 5.68. The van der Waals surface area contributed by atoms with E-state index in [9.17, 15) is 9.18 Å². The zero-order valence-corrected chi connectivity index (χ0v) is 11.3. The minimum atomic E-state index is -0.343. The highest BCUT2D eigenvalue weighted by Gasteiger charge is 2.27. The Labute approximate surface area is 113 Å². The number of rotatable bonds is 5. The molecule has 0 aromatic heterocycles. The quantitative estimate of drug-likeness (QED) is 0.858. The Morgan fingerprint density at radius 2 is 2.11 bits per heavy atom. The lowest BCUT2D eigenvalue weighted by Gasteiger charge is -2.23. The Bertz CT molecular complexity index is 442. The minimum Gasteiger partial charge on any atom is -0.325 e. The number of amides is 1. The third kappa shape index (κ3) is 4.31. The molecule has 0 atom stereocenters. The van der Waals surface area contributed by atoms with Gasteiger partial charge in [0, 0.05) is 12.2 Å². The molecule has 0 aliphatic heterocycles. The molecule has 1 saturated carbocycles. The second-order valence-corrected chi connectivity index (χ2v) is 5.68. The number of hydrogen-bond acceptors (Lipinski definition) is 2. The predicted molar refractivity (Wildman–Crippen MR) is 74.5 cm³/mol. The van der Waals surface area contributed by atoms with Gasteiger partial charge in [-0.15, -0.1) is 0 Å². The summed E-state index contributed by atoms with van der Waals surface area (Å²) in [6.07, 6.45) is 5.03. The van der Waals surface area contributed by atoms with Crippen molar-refractivity contribution >= 4 is 11.6 Å². The zero-order valence-electron chi connectivity index (χ0n) is 11.3. The fraction of sp³-hybridized carbons (Fsp3) is 0.533. The fourth-order valence-electron chi connectivity index (χ4n) is 2.65. The van der Waals surface area contributed by atoms with E-state index in [-0.39, 0.29) is 18.3 Å². The van der Waals surface area contributed by atoms with Gasteiger partial charge in [0.25, 0.3) is 0 Å². The molecular formula is C15H21FN2O. The topological polar surface area (TPSA) is 41.1 Å². The molecule has 0 heterocycles. The van der Waals surface area contributed by atoms with Crippen LogP contribution >= 0.6 is 0 Å². The van der Waals surface area contributed by atoms with Crippen LogP contribution in [0.3, 0.4) is 0 Å². The summed E-state index contributed by atoms with van der Waals surface area (Å²) in [5, 5.41) is 5.88. The normalized spacial score (nSPS) is 17.4. The first-order valence-corrected chi connectivity index (χ1v) is 6.84. The molecule has 1 aromatic rings. The summed E-state index contributed by atoms with van der Waals surface area (Å²) in [6.45, 7) is 3.40. The van der Waals surface area contributed by atoms with E-state index in [0.717, 1.165) is 6.54 Å². The highest BCUT2D eigenvalue weighted by Crippen LogP contribution is 2.36. The number of benzene rings is 1. The van der Waals surface area contributed by atoms with Gasteiger partial charge in [-0.25, -0.2) is 4.39 Å². The molecule has 0 saturated heterocycles. The van der Waals surface area contributed by atoms with E-state index in [2.05, 4.69) is 17.6 Å². The van der Waals surface area contributed by atoms with E-state index in [1.807, 2.05) is 0 Å². The Morgan fingerprint density at radius 3 is 2.79 bits per heavy atom. The largest absolute Gasteiger partial charge is 0.325 e. The van der Waals surface area contributed by atoms with Gasteiger partial charge in [-0.05, 0) is 36.5 Å². The maximum Gasteiger partial charge on any atom is 0.238 e. The summed E-state index contributed by atoms with van der Waals surface area (Å²) in [6, 6.07) is 5.93. The van der Waals surface area contributed by atoms with Crippen molar-refractivity contribution in [2.45, 2.75) is 32.6 Å². The summed E-state index contributed by atoms with van der Waals surface area (Å²) >= 11 is 0. The number of carbonyl (C=O) groups is 1. The van der Waals surface area contributed by atoms with Crippen LogP contribution in [0.25, 0.3) is 0 Å². The summed E-state index contributed by atoms with van der Waals surface area (Å²) in [4.78, 5) is 11.7. The maximum absolute atomic E-state index is 13.0. The third-order valence-electron chi connectivity index (χ3n) is 3.76. The van der Waals surface area contributed by atoms with Crippen LogP contribution in [0.5, 0.6) is 0 Å². The fourth-order valence-corrected chi connectivity index (χ4v) is 2.65. The standard InChI is InChI=1S/C15H21FN2O/c1-15(7-2-3-8-15)11-17-10-14(19)18-13-6-4-5-12(16)9-13/h4-6,9,17H,2-3,7-8,10-11H2,1H3,(H,18,19). The van der Waals surface area contributed by atoms with Crippen LogP contribution in [0.2, 0.25) is 0 Å². The average Bonchev–Trinajstić information content (AvgIpc) is 2.76. The summed E-state index contributed by atoms with van der Waals surface area (Å²) in [5.74, 6) is -0.476. The molecule has 3 nitrogen and oxygen atoms in total. The van der Waals surface area contributed by atoms with Crippen molar-refractivity contribution in [3.8, 4) is 0 Å². The van der Waals surface area contributed by atoms with Gasteiger partial charge >= 0.3 is 0 Å². The van der Waals surface area contributed by atoms with Gasteiger partial charge in [0.15, 0.2) is 0 Å². The van der Waals surface area contributed by atoms with E-state index >= 15 is 0 Å². The summed E-state index contributed by atoms with van der Waals surface area (Å²) in [5.41, 5.74) is 0.831. The Morgan fingerprint density at radius 1 is 1.37 bits per heavy atom. The number of nitrogens with one attached hydrogen (secondary N) is 2. The number of halogens is 1. The molecule has 19 heavy (non-hydrogen) atoms. The molecule has 1 aromatic carbocycles. The molecule has 1 aliphatic carbocycles. The molecule has 1 amide bonds. The predicted octanol–water partition coefficient (Wildman–Crippen LogP) is 2.93. The van der Waals surface area contributed by atoms with Crippen molar-refractivity contribution in [1.29, 1.82) is 0 Å². The van der Waals surface area contributed by atoms with Gasteiger partial charge in [0.05, 0.1) is 6.54 Å². The molecule has 2 N–H and O–H groups in total. The Kier molecular flexibility index (Phi) is 4.53. The van der Waals surface area contributed by atoms with Gasteiger partial charge in [-0.1, -0.05) is 25.8 Å². The molecule has 0 unspecified atom stereocenters. The molecule has 1 fully saturated rings. The van der Waals surface area contributed by atoms with Crippen LogP contribution in [-0.4, -0.2) is 19.0 Å². The van der Waals surface area contributed by atoms with Crippen LogP contribution in [0, 0.1) is 11.2 Å². The van der Waals surface area contributed by atoms with Crippen molar-refractivity contribution < 1.29 is 9.18 Å². The van der Waals surface area contributed by atoms with E-state index in [0.29, 0.717) is 11.1 Å². The lowest BCUT2D eigenvalue weighted by molar-refractivity contribution is -0.115. The SMILES string of the molecule is CC1(CNCC(=O)Nc2cccc(F)c2)CCCC1. The van der Waals surface area contributed by atoms with Gasteiger partial charge in [-0.2, -0.15) is 0 Å². The highest BCUT2D eigenvalue weighted by molar-refractivity contribution is 5.92. The molecule has 0 spiro atoms. The van der Waals surface area contributed by atoms with Crippen LogP contribution in [0.4, 0.5) is 10.1 Å². The van der Waals surface area contributed by atoms with E-state index < -0.39 is 0 Å². The molecule has 1 aliphatic rings. The van der Waals surface area contributed by atoms with Crippen molar-refractivity contribution in [1.82, 2.24) is 5.32 Å². The van der Waals surface area contributed by atoms with Crippen LogP contribution in [0.1, 0.15) is 32.6 Å². The Balaban J connectivity index is 1.73. The third-order valence-corrected chi connectivity index (χ3v) is 3.76. The van der Waals surface area contributed by atoms with Crippen molar-refractivity contribution in [2.24, 2.45) is 5.41 Å². The average molecular weight is 264 g/mol. The lowest BCUT2D eigenvalue weighted by atomic mass is 9.89. The van der Waals surface area contributed by atoms with Crippen LogP contribution in [0.15, 0.2) is 24.3 Å². The van der Waals surface area contributed by atoms with Crippen LogP contribution < -0.4 is 10.6 Å². The van der Waals surface area contributed by atoms with Gasteiger partial charge < -0.3 is 10.6 Å². The van der Waals surface area contributed by atoms with Crippen molar-refractivity contribution in [3.63, 3.8) is 0 Å². The summed E-state index contributed by atoms with van der Waals surface area (Å²) in [7, 11) is 0. The molecule has 104 valence electrons. The minimum absolute atomic E-state index is 0.132. The van der Waals surface area contributed by atoms with E-state index in [4.69, 9.17) is 0 Å². The molecular weight excluding hydrogens is 243 g/mol. The molecule has 0 bridgehead atoms. The van der Waals surface area contributed by atoms with Gasteiger partial charge in [-0.3, -0.25) is 4.79 Å². The van der Waals surface area contributed by atoms with Gasteiger partial charge in [0.2, 0.25) is 5.91 Å². The maximum atomic E-state index is 13.0. The first-order chi connectivity index (χ1) is 9.07. The van der Waals surface area contributed by atoms with Crippen molar-refractivity contribution in [2.75, 3.05) is 18.4 Å². The highest BCUT2D eigenvalue weighted by atomic mass is 19.1. The zero-order chi connectivity index (χ0) is 13.7. The Hall–Kier alpha value is -1.42. The van der Waals surface area contributed by atoms with Crippen molar-refractivity contribution in [3.05, 3.63) is 30.1 Å². The van der Waals surface area contributed by atoms with Crippen LogP contribution in [-0.2, 0) is 4.79 Å². The molecule has 2 rings (SSSR count). The molecule has 0 radical (unpaired) electrons. The summed E-state index contributed by atoms with van der Waals surface area (Å²) < 4.78 is 13.0. The smallest absolute Gasteiger partial charge is 0.238 e. The number of anilines is 1. The lowest BCUT2D eigenvalue weighted by Crippen LogP contribution is -2.35. The molecule has 4 heteroatoms. The van der Waals surface area contributed by atoms with E-state index in [1.165, 1.54) is 37.8 Å². The number of carbonyl (C=O) groups excluding carboxylic acids is 1. The van der Waals surface area contributed by atoms with Gasteiger partial charge in [0.1, 0.15) is 5.82 Å². The first-order valence-electron chi connectivity index (χ1n) is 6.84. The van der Waals surface area contributed by atoms with E-state index in [1.54, 1.807) is 12.1 Å². The second kappa shape index (κ2) is 6.15.